The third-order valence-electron chi connectivity index (χ3n) is 5.65. The zero-order valence-electron chi connectivity index (χ0n) is 14.1. The molecule has 1 aromatic rings. The van der Waals surface area contributed by atoms with E-state index in [1.165, 1.54) is 18.4 Å². The Balaban J connectivity index is 0.00000192. The second kappa shape index (κ2) is 8.16. The van der Waals surface area contributed by atoms with Gasteiger partial charge in [0.05, 0.1) is 5.41 Å². The Kier molecular flexibility index (Phi) is 6.49. The molecule has 1 saturated carbocycles. The van der Waals surface area contributed by atoms with E-state index >= 15 is 0 Å². The lowest BCUT2D eigenvalue weighted by Crippen LogP contribution is -2.53. The SMILES string of the molecule is CNCCC1CCN(C(=O)C2(c3ccccc3)CCC2)CC1.Cl. The minimum Gasteiger partial charge on any atom is -0.342 e. The Labute approximate surface area is 146 Å². The van der Waals surface area contributed by atoms with Crippen LogP contribution in [0.1, 0.15) is 44.1 Å². The van der Waals surface area contributed by atoms with Crippen molar-refractivity contribution in [1.29, 1.82) is 0 Å². The molecule has 1 aliphatic carbocycles. The Hall–Kier alpha value is -1.06. The van der Waals surface area contributed by atoms with Crippen LogP contribution in [0.25, 0.3) is 0 Å². The lowest BCUT2D eigenvalue weighted by atomic mass is 9.63. The number of carbonyl (C=O) groups is 1. The first-order valence-electron chi connectivity index (χ1n) is 8.76. The van der Waals surface area contributed by atoms with Crippen LogP contribution >= 0.6 is 12.4 Å². The van der Waals surface area contributed by atoms with Crippen molar-refractivity contribution in [3.8, 4) is 0 Å². The predicted molar refractivity (Wildman–Crippen MR) is 97.1 cm³/mol. The molecule has 1 amide bonds. The molecule has 128 valence electrons. The zero-order chi connectivity index (χ0) is 15.4. The number of rotatable bonds is 5. The van der Waals surface area contributed by atoms with Gasteiger partial charge in [-0.15, -0.1) is 12.4 Å². The molecular formula is C19H29ClN2O. The molecule has 3 nitrogen and oxygen atoms in total. The molecule has 1 N–H and O–H groups in total. The number of hydrogen-bond acceptors (Lipinski definition) is 2. The number of hydrogen-bond donors (Lipinski definition) is 1. The number of nitrogens with zero attached hydrogens (tertiary/aromatic N) is 1. The molecule has 1 aliphatic heterocycles. The second-order valence-corrected chi connectivity index (χ2v) is 6.93. The van der Waals surface area contributed by atoms with Crippen LogP contribution in [0.5, 0.6) is 0 Å². The average Bonchev–Trinajstić information content (AvgIpc) is 2.53. The fraction of sp³-hybridized carbons (Fsp3) is 0.632. The molecule has 0 unspecified atom stereocenters. The van der Waals surface area contributed by atoms with Crippen LogP contribution in [0, 0.1) is 5.92 Å². The van der Waals surface area contributed by atoms with Crippen molar-refractivity contribution in [3.05, 3.63) is 35.9 Å². The standard InChI is InChI=1S/C19H28N2O.ClH/c1-20-13-8-16-9-14-21(15-10-16)18(22)19(11-5-12-19)17-6-3-2-4-7-17;/h2-4,6-7,16,20H,5,8-15H2,1H3;1H. The maximum atomic E-state index is 13.1. The van der Waals surface area contributed by atoms with Gasteiger partial charge in [0, 0.05) is 13.1 Å². The van der Waals surface area contributed by atoms with Crippen LogP contribution in [0.2, 0.25) is 0 Å². The molecule has 2 fully saturated rings. The number of carbonyl (C=O) groups excluding carboxylic acids is 1. The quantitative estimate of drug-likeness (QED) is 0.894. The Bertz CT molecular complexity index is 493. The van der Waals surface area contributed by atoms with E-state index in [1.54, 1.807) is 0 Å². The lowest BCUT2D eigenvalue weighted by Gasteiger charge is -2.45. The van der Waals surface area contributed by atoms with E-state index in [-0.39, 0.29) is 17.8 Å². The summed E-state index contributed by atoms with van der Waals surface area (Å²) in [7, 11) is 2.01. The summed E-state index contributed by atoms with van der Waals surface area (Å²) in [5.41, 5.74) is 1.02. The van der Waals surface area contributed by atoms with Gasteiger partial charge < -0.3 is 10.2 Å². The van der Waals surface area contributed by atoms with Crippen LogP contribution in [0.15, 0.2) is 30.3 Å². The minimum atomic E-state index is -0.209. The van der Waals surface area contributed by atoms with Crippen molar-refractivity contribution in [3.63, 3.8) is 0 Å². The van der Waals surface area contributed by atoms with Crippen molar-refractivity contribution in [2.75, 3.05) is 26.7 Å². The summed E-state index contributed by atoms with van der Waals surface area (Å²) in [6.45, 7) is 2.98. The average molecular weight is 337 g/mol. The first-order chi connectivity index (χ1) is 10.8. The van der Waals surface area contributed by atoms with Crippen LogP contribution < -0.4 is 5.32 Å². The number of amides is 1. The summed E-state index contributed by atoms with van der Waals surface area (Å²) in [5.74, 6) is 1.17. The van der Waals surface area contributed by atoms with Gasteiger partial charge in [-0.1, -0.05) is 36.8 Å². The van der Waals surface area contributed by atoms with Crippen LogP contribution in [-0.4, -0.2) is 37.5 Å². The number of nitrogens with one attached hydrogen (secondary N) is 1. The fourth-order valence-electron chi connectivity index (χ4n) is 3.99. The number of benzene rings is 1. The maximum Gasteiger partial charge on any atom is 0.233 e. The van der Waals surface area contributed by atoms with Crippen molar-refractivity contribution < 1.29 is 4.79 Å². The van der Waals surface area contributed by atoms with E-state index < -0.39 is 0 Å². The van der Waals surface area contributed by atoms with Crippen molar-refractivity contribution >= 4 is 18.3 Å². The molecule has 23 heavy (non-hydrogen) atoms. The van der Waals surface area contributed by atoms with Crippen LogP contribution in [0.3, 0.4) is 0 Å². The van der Waals surface area contributed by atoms with Gasteiger partial charge in [-0.05, 0) is 57.2 Å². The van der Waals surface area contributed by atoms with Gasteiger partial charge in [0.25, 0.3) is 0 Å². The minimum absolute atomic E-state index is 0. The highest BCUT2D eigenvalue weighted by Crippen LogP contribution is 2.45. The molecule has 0 atom stereocenters. The number of piperidine rings is 1. The fourth-order valence-corrected chi connectivity index (χ4v) is 3.99. The molecule has 0 radical (unpaired) electrons. The topological polar surface area (TPSA) is 32.3 Å². The summed E-state index contributed by atoms with van der Waals surface area (Å²) in [5, 5.41) is 3.23. The van der Waals surface area contributed by atoms with Gasteiger partial charge >= 0.3 is 0 Å². The molecule has 1 aromatic carbocycles. The van der Waals surface area contributed by atoms with Gasteiger partial charge in [-0.25, -0.2) is 0 Å². The molecule has 3 rings (SSSR count). The highest BCUT2D eigenvalue weighted by Gasteiger charge is 2.47. The third-order valence-corrected chi connectivity index (χ3v) is 5.65. The summed E-state index contributed by atoms with van der Waals surface area (Å²) in [4.78, 5) is 15.3. The highest BCUT2D eigenvalue weighted by atomic mass is 35.5. The Morgan fingerprint density at radius 1 is 1.22 bits per heavy atom. The zero-order valence-corrected chi connectivity index (χ0v) is 14.9. The molecule has 0 aromatic heterocycles. The molecule has 0 bridgehead atoms. The normalized spacial score (nSPS) is 20.5. The molecular weight excluding hydrogens is 308 g/mol. The lowest BCUT2D eigenvalue weighted by molar-refractivity contribution is -0.142. The summed E-state index contributed by atoms with van der Waals surface area (Å²) < 4.78 is 0. The first-order valence-corrected chi connectivity index (χ1v) is 8.76. The van der Waals surface area contributed by atoms with E-state index in [0.717, 1.165) is 51.2 Å². The van der Waals surface area contributed by atoms with E-state index in [2.05, 4.69) is 34.5 Å². The van der Waals surface area contributed by atoms with E-state index in [4.69, 9.17) is 0 Å². The monoisotopic (exact) mass is 336 g/mol. The Morgan fingerprint density at radius 2 is 1.87 bits per heavy atom. The smallest absolute Gasteiger partial charge is 0.233 e. The third kappa shape index (κ3) is 3.72. The van der Waals surface area contributed by atoms with Gasteiger partial charge in [-0.3, -0.25) is 4.79 Å². The molecule has 1 saturated heterocycles. The molecule has 0 spiro atoms. The predicted octanol–water partition coefficient (Wildman–Crippen LogP) is 3.38. The molecule has 1 heterocycles. The summed E-state index contributed by atoms with van der Waals surface area (Å²) in [6.07, 6.45) is 6.79. The van der Waals surface area contributed by atoms with Crippen molar-refractivity contribution in [2.45, 2.75) is 43.9 Å². The van der Waals surface area contributed by atoms with Crippen molar-refractivity contribution in [1.82, 2.24) is 10.2 Å². The van der Waals surface area contributed by atoms with Crippen LogP contribution in [0.4, 0.5) is 0 Å². The maximum absolute atomic E-state index is 13.1. The van der Waals surface area contributed by atoms with Crippen molar-refractivity contribution in [2.24, 2.45) is 5.92 Å². The second-order valence-electron chi connectivity index (χ2n) is 6.93. The van der Waals surface area contributed by atoms with E-state index in [9.17, 15) is 4.79 Å². The van der Waals surface area contributed by atoms with E-state index in [1.807, 2.05) is 13.1 Å². The summed E-state index contributed by atoms with van der Waals surface area (Å²) in [6, 6.07) is 10.4. The summed E-state index contributed by atoms with van der Waals surface area (Å²) >= 11 is 0. The highest BCUT2D eigenvalue weighted by molar-refractivity contribution is 5.89. The first kappa shape index (κ1) is 18.3. The van der Waals surface area contributed by atoms with Gasteiger partial charge in [0.1, 0.15) is 0 Å². The van der Waals surface area contributed by atoms with Gasteiger partial charge in [0.2, 0.25) is 5.91 Å². The van der Waals surface area contributed by atoms with Crippen LogP contribution in [-0.2, 0) is 10.2 Å². The Morgan fingerprint density at radius 3 is 2.39 bits per heavy atom. The number of halogens is 1. The largest absolute Gasteiger partial charge is 0.342 e. The van der Waals surface area contributed by atoms with E-state index in [0.29, 0.717) is 5.91 Å². The molecule has 2 aliphatic rings. The van der Waals surface area contributed by atoms with Gasteiger partial charge in [-0.2, -0.15) is 0 Å². The molecule has 4 heteroatoms. The number of likely N-dealkylation sites (tertiary alicyclic amines) is 1. The van der Waals surface area contributed by atoms with Gasteiger partial charge in [0.15, 0.2) is 0 Å².